The van der Waals surface area contributed by atoms with Gasteiger partial charge in [0.25, 0.3) is 0 Å². The summed E-state index contributed by atoms with van der Waals surface area (Å²) in [5, 5.41) is 2.85. The third-order valence-electron chi connectivity index (χ3n) is 5.93. The Bertz CT molecular complexity index is 1410. The lowest BCUT2D eigenvalue weighted by molar-refractivity contribution is -0.119. The fourth-order valence-electron chi connectivity index (χ4n) is 4.17. The molecular formula is C25H24N4O3S. The first-order valence-electron chi connectivity index (χ1n) is 10.9. The zero-order valence-corrected chi connectivity index (χ0v) is 19.0. The smallest absolute Gasteiger partial charge is 0.243 e. The number of rotatable bonds is 5. The minimum absolute atomic E-state index is 0.147. The van der Waals surface area contributed by atoms with E-state index >= 15 is 0 Å². The van der Waals surface area contributed by atoms with Crippen molar-refractivity contribution in [2.24, 2.45) is 0 Å². The minimum Gasteiger partial charge on any atom is -0.338 e. The molecule has 1 aliphatic heterocycles. The molecule has 0 spiro atoms. The van der Waals surface area contributed by atoms with Crippen molar-refractivity contribution in [2.75, 3.05) is 11.9 Å². The topological polar surface area (TPSA) is 95.2 Å². The number of hydrogen-bond donors (Lipinski definition) is 2. The van der Waals surface area contributed by atoms with Gasteiger partial charge >= 0.3 is 0 Å². The van der Waals surface area contributed by atoms with Crippen LogP contribution in [-0.4, -0.2) is 41.2 Å². The SMILES string of the molecule is Cc1ccc(NC(=O)[C@@H]2CCCN2S(=O)(=O)c2ccc3nc(-c4ccccc4)[nH]c3c2)cc1. The summed E-state index contributed by atoms with van der Waals surface area (Å²) in [6.07, 6.45) is 1.12. The Morgan fingerprint density at radius 1 is 1.06 bits per heavy atom. The van der Waals surface area contributed by atoms with E-state index in [1.807, 2.05) is 61.5 Å². The number of nitrogens with zero attached hydrogens (tertiary/aromatic N) is 2. The summed E-state index contributed by atoms with van der Waals surface area (Å²) in [4.78, 5) is 20.9. The zero-order chi connectivity index (χ0) is 23.0. The lowest BCUT2D eigenvalue weighted by Crippen LogP contribution is -2.43. The second kappa shape index (κ2) is 8.46. The molecule has 1 saturated heterocycles. The highest BCUT2D eigenvalue weighted by Crippen LogP contribution is 2.29. The molecule has 7 nitrogen and oxygen atoms in total. The number of anilines is 1. The third kappa shape index (κ3) is 4.15. The van der Waals surface area contributed by atoms with Crippen LogP contribution in [0.2, 0.25) is 0 Å². The summed E-state index contributed by atoms with van der Waals surface area (Å²) in [6, 6.07) is 21.2. The quantitative estimate of drug-likeness (QED) is 0.463. The van der Waals surface area contributed by atoms with Crippen LogP contribution < -0.4 is 5.32 Å². The van der Waals surface area contributed by atoms with Gasteiger partial charge in [-0.3, -0.25) is 4.79 Å². The fraction of sp³-hybridized carbons (Fsp3) is 0.200. The summed E-state index contributed by atoms with van der Waals surface area (Å²) in [5.74, 6) is 0.366. The molecule has 33 heavy (non-hydrogen) atoms. The number of fused-ring (bicyclic) bond motifs is 1. The Hall–Kier alpha value is -3.49. The highest BCUT2D eigenvalue weighted by atomic mass is 32.2. The summed E-state index contributed by atoms with van der Waals surface area (Å²) >= 11 is 0. The summed E-state index contributed by atoms with van der Waals surface area (Å²) < 4.78 is 28.3. The second-order valence-corrected chi connectivity index (χ2v) is 10.2. The summed E-state index contributed by atoms with van der Waals surface area (Å²) in [6.45, 7) is 2.28. The molecule has 3 aromatic carbocycles. The molecule has 2 heterocycles. The maximum atomic E-state index is 13.5. The van der Waals surface area contributed by atoms with Crippen LogP contribution >= 0.6 is 0 Å². The van der Waals surface area contributed by atoms with Gasteiger partial charge in [0.2, 0.25) is 15.9 Å². The molecule has 2 N–H and O–H groups in total. The molecule has 0 bridgehead atoms. The van der Waals surface area contributed by atoms with Crippen LogP contribution in [0.5, 0.6) is 0 Å². The number of sulfonamides is 1. The molecule has 4 aromatic rings. The second-order valence-electron chi connectivity index (χ2n) is 8.26. The van der Waals surface area contributed by atoms with E-state index in [0.29, 0.717) is 41.9 Å². The molecule has 168 valence electrons. The van der Waals surface area contributed by atoms with Crippen LogP contribution in [-0.2, 0) is 14.8 Å². The number of aromatic amines is 1. The Morgan fingerprint density at radius 3 is 2.58 bits per heavy atom. The van der Waals surface area contributed by atoms with Crippen molar-refractivity contribution in [2.45, 2.75) is 30.7 Å². The first-order valence-corrected chi connectivity index (χ1v) is 12.3. The van der Waals surface area contributed by atoms with Gasteiger partial charge in [-0.05, 0) is 50.1 Å². The van der Waals surface area contributed by atoms with E-state index in [1.54, 1.807) is 18.2 Å². The van der Waals surface area contributed by atoms with Crippen LogP contribution in [0.3, 0.4) is 0 Å². The first-order chi connectivity index (χ1) is 15.9. The molecule has 0 radical (unpaired) electrons. The number of nitrogens with one attached hydrogen (secondary N) is 2. The minimum atomic E-state index is -3.85. The van der Waals surface area contributed by atoms with E-state index in [-0.39, 0.29) is 10.8 Å². The summed E-state index contributed by atoms with van der Waals surface area (Å²) in [7, 11) is -3.85. The fourth-order valence-corrected chi connectivity index (χ4v) is 5.85. The largest absolute Gasteiger partial charge is 0.338 e. The van der Waals surface area contributed by atoms with Crippen molar-refractivity contribution in [3.8, 4) is 11.4 Å². The van der Waals surface area contributed by atoms with Gasteiger partial charge in [0.1, 0.15) is 11.9 Å². The van der Waals surface area contributed by atoms with Gasteiger partial charge in [-0.15, -0.1) is 0 Å². The van der Waals surface area contributed by atoms with E-state index in [2.05, 4.69) is 15.3 Å². The van der Waals surface area contributed by atoms with Crippen molar-refractivity contribution >= 4 is 32.7 Å². The number of hydrogen-bond acceptors (Lipinski definition) is 4. The summed E-state index contributed by atoms with van der Waals surface area (Å²) in [5.41, 5.74) is 3.98. The average Bonchev–Trinajstić information content (AvgIpc) is 3.48. The molecule has 1 aromatic heterocycles. The third-order valence-corrected chi connectivity index (χ3v) is 7.84. The predicted octanol–water partition coefficient (Wildman–Crippen LogP) is 4.33. The predicted molar refractivity (Wildman–Crippen MR) is 128 cm³/mol. The first kappa shape index (κ1) is 21.4. The van der Waals surface area contributed by atoms with Gasteiger partial charge in [0.05, 0.1) is 15.9 Å². The number of benzene rings is 3. The highest BCUT2D eigenvalue weighted by molar-refractivity contribution is 7.89. The van der Waals surface area contributed by atoms with Gasteiger partial charge < -0.3 is 10.3 Å². The molecule has 0 unspecified atom stereocenters. The number of aryl methyl sites for hydroxylation is 1. The number of carbonyl (C=O) groups is 1. The molecule has 8 heteroatoms. The highest BCUT2D eigenvalue weighted by Gasteiger charge is 2.39. The zero-order valence-electron chi connectivity index (χ0n) is 18.2. The standard InChI is InChI=1S/C25H24N4O3S/c1-17-9-11-19(12-10-17)26-25(30)23-8-5-15-29(23)33(31,32)20-13-14-21-22(16-20)28-24(27-21)18-6-3-2-4-7-18/h2-4,6-7,9-14,16,23H,5,8,15H2,1H3,(H,26,30)(H,27,28)/t23-/m0/s1. The van der Waals surface area contributed by atoms with Crippen LogP contribution in [0.4, 0.5) is 5.69 Å². The molecule has 0 saturated carbocycles. The van der Waals surface area contributed by atoms with Crippen LogP contribution in [0.25, 0.3) is 22.4 Å². The Balaban J connectivity index is 1.41. The van der Waals surface area contributed by atoms with Crippen LogP contribution in [0.1, 0.15) is 18.4 Å². The van der Waals surface area contributed by atoms with Gasteiger partial charge in [0, 0.05) is 17.8 Å². The number of imidazole rings is 1. The maximum absolute atomic E-state index is 13.5. The van der Waals surface area contributed by atoms with Crippen molar-refractivity contribution in [1.82, 2.24) is 14.3 Å². The van der Waals surface area contributed by atoms with Crippen molar-refractivity contribution in [3.63, 3.8) is 0 Å². The number of aromatic nitrogens is 2. The number of carbonyl (C=O) groups excluding carboxylic acids is 1. The average molecular weight is 461 g/mol. The van der Waals surface area contributed by atoms with E-state index < -0.39 is 16.1 Å². The van der Waals surface area contributed by atoms with E-state index in [1.165, 1.54) is 4.31 Å². The number of H-pyrrole nitrogens is 1. The molecular weight excluding hydrogens is 436 g/mol. The van der Waals surface area contributed by atoms with Gasteiger partial charge in [-0.25, -0.2) is 13.4 Å². The Kier molecular flexibility index (Phi) is 5.47. The maximum Gasteiger partial charge on any atom is 0.243 e. The lowest BCUT2D eigenvalue weighted by Gasteiger charge is -2.23. The van der Waals surface area contributed by atoms with Crippen molar-refractivity contribution in [3.05, 3.63) is 78.4 Å². The Labute approximate surface area is 192 Å². The molecule has 1 atom stereocenters. The van der Waals surface area contributed by atoms with Gasteiger partial charge in [-0.1, -0.05) is 48.0 Å². The van der Waals surface area contributed by atoms with Gasteiger partial charge in [-0.2, -0.15) is 4.31 Å². The monoisotopic (exact) mass is 460 g/mol. The molecule has 1 aliphatic rings. The van der Waals surface area contributed by atoms with E-state index in [0.717, 1.165) is 11.1 Å². The van der Waals surface area contributed by atoms with Crippen molar-refractivity contribution < 1.29 is 13.2 Å². The van der Waals surface area contributed by atoms with Crippen LogP contribution in [0, 0.1) is 6.92 Å². The lowest BCUT2D eigenvalue weighted by atomic mass is 10.2. The molecule has 1 fully saturated rings. The number of amides is 1. The van der Waals surface area contributed by atoms with Crippen molar-refractivity contribution in [1.29, 1.82) is 0 Å². The van der Waals surface area contributed by atoms with Gasteiger partial charge in [0.15, 0.2) is 0 Å². The molecule has 1 amide bonds. The van der Waals surface area contributed by atoms with Crippen LogP contribution in [0.15, 0.2) is 77.7 Å². The van der Waals surface area contributed by atoms with E-state index in [9.17, 15) is 13.2 Å². The molecule has 0 aliphatic carbocycles. The molecule has 5 rings (SSSR count). The van der Waals surface area contributed by atoms with E-state index in [4.69, 9.17) is 0 Å². The Morgan fingerprint density at radius 2 is 1.82 bits per heavy atom. The normalized spacial score (nSPS) is 16.8.